The largest absolute Gasteiger partial charge is 0.468 e. The van der Waals surface area contributed by atoms with Crippen LogP contribution in [0.3, 0.4) is 0 Å². The van der Waals surface area contributed by atoms with Crippen molar-refractivity contribution in [3.8, 4) is 6.01 Å². The minimum Gasteiger partial charge on any atom is -0.468 e. The molecule has 2 rings (SSSR count). The number of rotatable bonds is 4. The zero-order valence-electron chi connectivity index (χ0n) is 11.4. The van der Waals surface area contributed by atoms with Crippen LogP contribution < -0.4 is 10.3 Å². The van der Waals surface area contributed by atoms with Crippen LogP contribution in [0.2, 0.25) is 5.02 Å². The van der Waals surface area contributed by atoms with Crippen molar-refractivity contribution in [2.24, 2.45) is 0 Å². The molecular formula is C13H12ClN3O4. The van der Waals surface area contributed by atoms with Gasteiger partial charge in [-0.2, -0.15) is 0 Å². The first kappa shape index (κ1) is 15.0. The lowest BCUT2D eigenvalue weighted by Gasteiger charge is -2.12. The fourth-order valence-electron chi connectivity index (χ4n) is 1.93. The van der Waals surface area contributed by atoms with Crippen LogP contribution in [0.1, 0.15) is 11.3 Å². The van der Waals surface area contributed by atoms with Gasteiger partial charge in [0.2, 0.25) is 0 Å². The first-order chi connectivity index (χ1) is 9.93. The van der Waals surface area contributed by atoms with Gasteiger partial charge >= 0.3 is 0 Å². The van der Waals surface area contributed by atoms with Crippen molar-refractivity contribution in [3.63, 3.8) is 0 Å². The third-order valence-corrected chi connectivity index (χ3v) is 3.25. The molecule has 8 heteroatoms. The van der Waals surface area contributed by atoms with Crippen LogP contribution in [0.5, 0.6) is 6.01 Å². The van der Waals surface area contributed by atoms with E-state index >= 15 is 0 Å². The molecule has 0 amide bonds. The van der Waals surface area contributed by atoms with Crippen LogP contribution in [-0.2, 0) is 6.54 Å². The molecule has 0 N–H and O–H groups in total. The lowest BCUT2D eigenvalue weighted by Crippen LogP contribution is -2.23. The first-order valence-corrected chi connectivity index (χ1v) is 6.36. The van der Waals surface area contributed by atoms with Crippen molar-refractivity contribution in [3.05, 3.63) is 61.0 Å². The molecule has 0 aliphatic carbocycles. The molecule has 1 aromatic heterocycles. The summed E-state index contributed by atoms with van der Waals surface area (Å²) in [6.07, 6.45) is 0. The maximum atomic E-state index is 12.0. The predicted octanol–water partition coefficient (Wildman–Crippen LogP) is 2.17. The van der Waals surface area contributed by atoms with Crippen LogP contribution in [0.4, 0.5) is 5.69 Å². The highest BCUT2D eigenvalue weighted by Gasteiger charge is 2.19. The van der Waals surface area contributed by atoms with Crippen molar-refractivity contribution >= 4 is 17.3 Å². The molecule has 1 aromatic carbocycles. The minimum absolute atomic E-state index is 0.0780. The van der Waals surface area contributed by atoms with Gasteiger partial charge in [0.25, 0.3) is 17.3 Å². The van der Waals surface area contributed by atoms with Gasteiger partial charge in [0, 0.05) is 17.8 Å². The summed E-state index contributed by atoms with van der Waals surface area (Å²) < 4.78 is 6.25. The Morgan fingerprint density at radius 3 is 2.81 bits per heavy atom. The quantitative estimate of drug-likeness (QED) is 0.638. The molecule has 21 heavy (non-hydrogen) atoms. The Bertz CT molecular complexity index is 758. The molecule has 0 aliphatic heterocycles. The molecule has 0 unspecified atom stereocenters. The number of methoxy groups -OCH3 is 1. The molecule has 2 aromatic rings. The van der Waals surface area contributed by atoms with Gasteiger partial charge in [0.15, 0.2) is 0 Å². The highest BCUT2D eigenvalue weighted by molar-refractivity contribution is 6.31. The summed E-state index contributed by atoms with van der Waals surface area (Å²) in [7, 11) is 1.37. The van der Waals surface area contributed by atoms with Crippen molar-refractivity contribution in [2.75, 3.05) is 7.11 Å². The monoisotopic (exact) mass is 309 g/mol. The number of hydrogen-bond donors (Lipinski definition) is 0. The maximum absolute atomic E-state index is 12.0. The Balaban J connectivity index is 2.58. The average molecular weight is 310 g/mol. The van der Waals surface area contributed by atoms with E-state index < -0.39 is 4.92 Å². The van der Waals surface area contributed by atoms with Crippen molar-refractivity contribution < 1.29 is 9.66 Å². The summed E-state index contributed by atoms with van der Waals surface area (Å²) in [5, 5.41) is 11.3. The zero-order chi connectivity index (χ0) is 15.6. The molecule has 0 saturated carbocycles. The SMILES string of the molecule is COc1nc(C)cc(=O)n1Cc1c(Cl)cccc1[N+](=O)[O-]. The molecule has 0 radical (unpaired) electrons. The second-order valence-corrected chi connectivity index (χ2v) is 4.71. The number of aryl methyl sites for hydroxylation is 1. The third-order valence-electron chi connectivity index (χ3n) is 2.89. The van der Waals surface area contributed by atoms with Crippen LogP contribution >= 0.6 is 11.6 Å². The lowest BCUT2D eigenvalue weighted by molar-refractivity contribution is -0.385. The summed E-state index contributed by atoms with van der Waals surface area (Å²) >= 11 is 6.02. The average Bonchev–Trinajstić information content (AvgIpc) is 2.42. The van der Waals surface area contributed by atoms with Gasteiger partial charge in [-0.05, 0) is 13.0 Å². The Labute approximate surface area is 124 Å². The number of halogens is 1. The summed E-state index contributed by atoms with van der Waals surface area (Å²) in [6.45, 7) is 1.57. The number of nitro benzene ring substituents is 1. The molecule has 1 heterocycles. The fraction of sp³-hybridized carbons (Fsp3) is 0.231. The number of benzene rings is 1. The number of nitrogens with zero attached hydrogens (tertiary/aromatic N) is 3. The Morgan fingerprint density at radius 1 is 1.48 bits per heavy atom. The van der Waals surface area contributed by atoms with E-state index in [0.717, 1.165) is 0 Å². The molecule has 0 fully saturated rings. The molecule has 0 atom stereocenters. The normalized spacial score (nSPS) is 10.4. The molecule has 0 bridgehead atoms. The van der Waals surface area contributed by atoms with E-state index in [4.69, 9.17) is 16.3 Å². The summed E-state index contributed by atoms with van der Waals surface area (Å²) in [4.78, 5) is 26.7. The van der Waals surface area contributed by atoms with E-state index in [2.05, 4.69) is 4.98 Å². The van der Waals surface area contributed by atoms with Gasteiger partial charge < -0.3 is 4.74 Å². The van der Waals surface area contributed by atoms with Crippen molar-refractivity contribution in [1.82, 2.24) is 9.55 Å². The number of nitro groups is 1. The van der Waals surface area contributed by atoms with Gasteiger partial charge in [0.05, 0.1) is 29.2 Å². The number of ether oxygens (including phenoxy) is 1. The molecule has 0 saturated heterocycles. The number of hydrogen-bond acceptors (Lipinski definition) is 5. The summed E-state index contributed by atoms with van der Waals surface area (Å²) in [5.41, 5.74) is 0.211. The highest BCUT2D eigenvalue weighted by atomic mass is 35.5. The van der Waals surface area contributed by atoms with E-state index in [9.17, 15) is 14.9 Å². The molecule has 110 valence electrons. The minimum atomic E-state index is -0.541. The third kappa shape index (κ3) is 3.03. The number of aromatic nitrogens is 2. The second-order valence-electron chi connectivity index (χ2n) is 4.30. The Hall–Kier alpha value is -2.41. The fourth-order valence-corrected chi connectivity index (χ4v) is 2.16. The molecule has 7 nitrogen and oxygen atoms in total. The van der Waals surface area contributed by atoms with Crippen LogP contribution in [0.15, 0.2) is 29.1 Å². The predicted molar refractivity (Wildman–Crippen MR) is 77.0 cm³/mol. The summed E-state index contributed by atoms with van der Waals surface area (Å²) in [6, 6.07) is 5.75. The van der Waals surface area contributed by atoms with Gasteiger partial charge in [0.1, 0.15) is 0 Å². The second kappa shape index (κ2) is 5.92. The smallest absolute Gasteiger partial charge is 0.299 e. The van der Waals surface area contributed by atoms with Gasteiger partial charge in [-0.25, -0.2) is 4.98 Å². The van der Waals surface area contributed by atoms with E-state index in [1.807, 2.05) is 0 Å². The Kier molecular flexibility index (Phi) is 4.23. The molecule has 0 spiro atoms. The molecular weight excluding hydrogens is 298 g/mol. The van der Waals surface area contributed by atoms with Gasteiger partial charge in [-0.1, -0.05) is 17.7 Å². The van der Waals surface area contributed by atoms with E-state index in [1.165, 1.54) is 35.9 Å². The van der Waals surface area contributed by atoms with E-state index in [-0.39, 0.29) is 34.4 Å². The summed E-state index contributed by atoms with van der Waals surface area (Å²) in [5.74, 6) is 0. The standard InChI is InChI=1S/C13H12ClN3O4/c1-8-6-12(18)16(13(15-8)21-2)7-9-10(14)4-3-5-11(9)17(19)20/h3-6H,7H2,1-2H3. The van der Waals surface area contributed by atoms with Crippen LogP contribution in [0.25, 0.3) is 0 Å². The van der Waals surface area contributed by atoms with E-state index in [0.29, 0.717) is 5.69 Å². The molecule has 0 aliphatic rings. The maximum Gasteiger partial charge on any atom is 0.299 e. The Morgan fingerprint density at radius 2 is 2.19 bits per heavy atom. The van der Waals surface area contributed by atoms with Gasteiger partial charge in [-0.3, -0.25) is 19.5 Å². The first-order valence-electron chi connectivity index (χ1n) is 5.98. The lowest BCUT2D eigenvalue weighted by atomic mass is 10.1. The topological polar surface area (TPSA) is 87.3 Å². The van der Waals surface area contributed by atoms with Crippen LogP contribution in [0, 0.1) is 17.0 Å². The van der Waals surface area contributed by atoms with Crippen molar-refractivity contribution in [1.29, 1.82) is 0 Å². The van der Waals surface area contributed by atoms with E-state index in [1.54, 1.807) is 6.92 Å². The zero-order valence-corrected chi connectivity index (χ0v) is 12.1. The highest BCUT2D eigenvalue weighted by Crippen LogP contribution is 2.27. The van der Waals surface area contributed by atoms with Crippen molar-refractivity contribution in [2.45, 2.75) is 13.5 Å². The van der Waals surface area contributed by atoms with Gasteiger partial charge in [-0.15, -0.1) is 0 Å². The van der Waals surface area contributed by atoms with Crippen LogP contribution in [-0.4, -0.2) is 21.6 Å².